The highest BCUT2D eigenvalue weighted by Crippen LogP contribution is 2.54. The summed E-state index contributed by atoms with van der Waals surface area (Å²) in [5, 5.41) is 0. The molecule has 10 atom stereocenters. The maximum atomic E-state index is 12.9. The zero-order valence-electron chi connectivity index (χ0n) is 32.2. The summed E-state index contributed by atoms with van der Waals surface area (Å²) in [6.07, 6.45) is 26.1. The van der Waals surface area contributed by atoms with E-state index in [9.17, 15) is 9.59 Å². The molecular weight excluding hydrogens is 600 g/mol. The first kappa shape index (κ1) is 41.3. The number of unbranched alkanes of at least 4 members (excludes halogenated alkanes) is 8. The van der Waals surface area contributed by atoms with Crippen LogP contribution >= 0.6 is 0 Å². The highest BCUT2D eigenvalue weighted by atomic mass is 16.5. The van der Waals surface area contributed by atoms with Gasteiger partial charge >= 0.3 is 11.9 Å². The van der Waals surface area contributed by atoms with Crippen LogP contribution in [-0.2, 0) is 28.5 Å². The van der Waals surface area contributed by atoms with E-state index in [-0.39, 0.29) is 36.0 Å². The third-order valence-electron chi connectivity index (χ3n) is 12.8. The Hall–Kier alpha value is -1.14. The molecule has 0 spiro atoms. The molecule has 0 heterocycles. The fourth-order valence-corrected chi connectivity index (χ4v) is 9.99. The van der Waals surface area contributed by atoms with Gasteiger partial charge in [0.1, 0.15) is 0 Å². The van der Waals surface area contributed by atoms with Crippen molar-refractivity contribution >= 4 is 11.9 Å². The van der Waals surface area contributed by atoms with Crippen molar-refractivity contribution in [1.82, 2.24) is 0 Å². The van der Waals surface area contributed by atoms with Crippen LogP contribution in [0.5, 0.6) is 0 Å². The summed E-state index contributed by atoms with van der Waals surface area (Å²) in [7, 11) is 3.07. The molecule has 0 aromatic heterocycles. The molecule has 3 rings (SSSR count). The van der Waals surface area contributed by atoms with Gasteiger partial charge in [-0.05, 0) is 99.7 Å². The summed E-state index contributed by atoms with van der Waals surface area (Å²) < 4.78 is 23.6. The van der Waals surface area contributed by atoms with Crippen LogP contribution in [0, 0.1) is 47.3 Å². The van der Waals surface area contributed by atoms with Crippen LogP contribution in [0.3, 0.4) is 0 Å². The molecule has 3 saturated carbocycles. The lowest BCUT2D eigenvalue weighted by atomic mass is 9.55. The Balaban J connectivity index is 1.86. The minimum Gasteiger partial charge on any atom is -0.469 e. The van der Waals surface area contributed by atoms with Gasteiger partial charge in [-0.15, -0.1) is 0 Å². The Bertz CT molecular complexity index is 806. The number of hydrogen-bond acceptors (Lipinski definition) is 6. The molecule has 6 nitrogen and oxygen atoms in total. The highest BCUT2D eigenvalue weighted by Gasteiger charge is 2.48. The molecule has 0 bridgehead atoms. The van der Waals surface area contributed by atoms with Crippen LogP contribution < -0.4 is 0 Å². The van der Waals surface area contributed by atoms with Gasteiger partial charge in [-0.2, -0.15) is 0 Å². The van der Waals surface area contributed by atoms with E-state index in [0.717, 1.165) is 89.3 Å². The first-order chi connectivity index (χ1) is 23.4. The lowest BCUT2D eigenvalue weighted by Gasteiger charge is -2.51. The molecule has 0 aliphatic heterocycles. The summed E-state index contributed by atoms with van der Waals surface area (Å²) in [4.78, 5) is 25.7. The highest BCUT2D eigenvalue weighted by molar-refractivity contribution is 5.73. The van der Waals surface area contributed by atoms with Gasteiger partial charge in [-0.25, -0.2) is 0 Å². The summed E-state index contributed by atoms with van der Waals surface area (Å²) in [6.45, 7) is 10.5. The predicted molar refractivity (Wildman–Crippen MR) is 196 cm³/mol. The Labute approximate surface area is 295 Å². The van der Waals surface area contributed by atoms with Gasteiger partial charge in [0, 0.05) is 13.2 Å². The zero-order chi connectivity index (χ0) is 34.7. The van der Waals surface area contributed by atoms with Crippen molar-refractivity contribution in [2.75, 3.05) is 27.4 Å². The molecule has 3 fully saturated rings. The third kappa shape index (κ3) is 12.6. The number of esters is 2. The molecule has 280 valence electrons. The van der Waals surface area contributed by atoms with Crippen molar-refractivity contribution in [3.8, 4) is 0 Å². The number of ether oxygens (including phenoxy) is 4. The molecule has 3 aliphatic carbocycles. The number of rotatable bonds is 22. The Kier molecular flexibility index (Phi) is 20.1. The van der Waals surface area contributed by atoms with Crippen LogP contribution in [0.2, 0.25) is 0 Å². The lowest BCUT2D eigenvalue weighted by molar-refractivity contribution is -0.158. The van der Waals surface area contributed by atoms with E-state index < -0.39 is 0 Å². The summed E-state index contributed by atoms with van der Waals surface area (Å²) >= 11 is 0. The lowest BCUT2D eigenvalue weighted by Crippen LogP contribution is -2.46. The number of hydrogen-bond donors (Lipinski definition) is 0. The maximum absolute atomic E-state index is 12.9. The molecule has 10 unspecified atom stereocenters. The second-order valence-corrected chi connectivity index (χ2v) is 15.9. The summed E-state index contributed by atoms with van der Waals surface area (Å²) in [5.74, 6) is 3.70. The average Bonchev–Trinajstić information content (AvgIpc) is 3.11. The van der Waals surface area contributed by atoms with E-state index in [0.29, 0.717) is 23.7 Å². The fourth-order valence-electron chi connectivity index (χ4n) is 9.99. The molecule has 0 saturated heterocycles. The van der Waals surface area contributed by atoms with Crippen LogP contribution in [-0.4, -0.2) is 51.6 Å². The monoisotopic (exact) mass is 677 g/mol. The minimum atomic E-state index is -0.123. The second-order valence-electron chi connectivity index (χ2n) is 15.9. The second kappa shape index (κ2) is 23.4. The molecule has 0 aromatic carbocycles. The summed E-state index contributed by atoms with van der Waals surface area (Å²) in [6, 6.07) is 0. The van der Waals surface area contributed by atoms with Crippen molar-refractivity contribution in [3.05, 3.63) is 0 Å². The normalized spacial score (nSPS) is 32.5. The molecule has 0 aromatic rings. The first-order valence-electron chi connectivity index (χ1n) is 20.8. The molecule has 6 heteroatoms. The largest absolute Gasteiger partial charge is 0.469 e. The third-order valence-corrected chi connectivity index (χ3v) is 12.8. The minimum absolute atomic E-state index is 0.0150. The van der Waals surface area contributed by atoms with Gasteiger partial charge < -0.3 is 18.9 Å². The van der Waals surface area contributed by atoms with E-state index in [1.54, 1.807) is 0 Å². The number of carbonyl (C=O) groups is 2. The fraction of sp³-hybridized carbons (Fsp3) is 0.952. The Morgan fingerprint density at radius 1 is 0.500 bits per heavy atom. The molecule has 0 amide bonds. The van der Waals surface area contributed by atoms with E-state index in [1.807, 2.05) is 0 Å². The average molecular weight is 677 g/mol. The van der Waals surface area contributed by atoms with Crippen LogP contribution in [0.15, 0.2) is 0 Å². The molecule has 0 radical (unpaired) electrons. The van der Waals surface area contributed by atoms with E-state index in [4.69, 9.17) is 18.9 Å². The smallest absolute Gasteiger partial charge is 0.311 e. The maximum Gasteiger partial charge on any atom is 0.311 e. The van der Waals surface area contributed by atoms with E-state index in [1.165, 1.54) is 91.3 Å². The van der Waals surface area contributed by atoms with Crippen molar-refractivity contribution in [1.29, 1.82) is 0 Å². The van der Waals surface area contributed by atoms with Gasteiger partial charge in [0.25, 0.3) is 0 Å². The van der Waals surface area contributed by atoms with Crippen molar-refractivity contribution in [2.24, 2.45) is 47.3 Å². The SMILES string of the molecule is CCCCCCC1CC(C2CCC(C(=O)OC)C(OCCCC)C2)C(CCCCCC)CC1C1CCC(C(=O)OC)C(OCCCC)C1. The molecule has 48 heavy (non-hydrogen) atoms. The zero-order valence-corrected chi connectivity index (χ0v) is 32.2. The molecular formula is C42H76O6. The number of methoxy groups -OCH3 is 2. The predicted octanol–water partition coefficient (Wildman–Crippen LogP) is 10.7. The van der Waals surface area contributed by atoms with Crippen LogP contribution in [0.4, 0.5) is 0 Å². The van der Waals surface area contributed by atoms with Gasteiger partial charge in [0.2, 0.25) is 0 Å². The van der Waals surface area contributed by atoms with Crippen molar-refractivity contribution < 1.29 is 28.5 Å². The van der Waals surface area contributed by atoms with Gasteiger partial charge in [0.15, 0.2) is 0 Å². The van der Waals surface area contributed by atoms with E-state index in [2.05, 4.69) is 27.7 Å². The van der Waals surface area contributed by atoms with Crippen molar-refractivity contribution in [3.63, 3.8) is 0 Å². The van der Waals surface area contributed by atoms with Gasteiger partial charge in [0.05, 0.1) is 38.3 Å². The van der Waals surface area contributed by atoms with Crippen molar-refractivity contribution in [2.45, 2.75) is 181 Å². The summed E-state index contributed by atoms with van der Waals surface area (Å²) in [5.41, 5.74) is 0. The van der Waals surface area contributed by atoms with Crippen LogP contribution in [0.1, 0.15) is 169 Å². The standard InChI is InChI=1S/C42H76O6/c1-7-11-15-17-19-31-27-38(34-22-24-36(42(44)46-6)40(30-34)48-26-14-10-4)32(20-18-16-12-8-2)28-37(31)33-21-23-35(41(43)45-5)39(29-33)47-25-13-9-3/h31-40H,7-30H2,1-6H3. The van der Waals surface area contributed by atoms with E-state index >= 15 is 0 Å². The topological polar surface area (TPSA) is 71.1 Å². The van der Waals surface area contributed by atoms with Crippen LogP contribution in [0.25, 0.3) is 0 Å². The molecule has 3 aliphatic rings. The Morgan fingerprint density at radius 3 is 1.25 bits per heavy atom. The number of carbonyl (C=O) groups excluding carboxylic acids is 2. The quantitative estimate of drug-likeness (QED) is 0.0839. The first-order valence-corrected chi connectivity index (χ1v) is 20.8. The Morgan fingerprint density at radius 2 is 0.896 bits per heavy atom. The van der Waals surface area contributed by atoms with Gasteiger partial charge in [-0.1, -0.05) is 105 Å². The molecule has 0 N–H and O–H groups in total. The van der Waals surface area contributed by atoms with Gasteiger partial charge in [-0.3, -0.25) is 9.59 Å².